The highest BCUT2D eigenvalue weighted by molar-refractivity contribution is 5.89. The zero-order valence-corrected chi connectivity index (χ0v) is 8.78. The van der Waals surface area contributed by atoms with Crippen molar-refractivity contribution in [1.29, 1.82) is 0 Å². The largest absolute Gasteiger partial charge is 0.573 e. The molecule has 0 bridgehead atoms. The summed E-state index contributed by atoms with van der Waals surface area (Å²) in [6.07, 6.45) is -3.76. The number of rotatable bonds is 3. The van der Waals surface area contributed by atoms with Crippen molar-refractivity contribution in [3.8, 4) is 5.75 Å². The van der Waals surface area contributed by atoms with Crippen molar-refractivity contribution in [3.05, 3.63) is 35.9 Å². The van der Waals surface area contributed by atoms with Gasteiger partial charge in [-0.05, 0) is 30.2 Å². The molecule has 92 valence electrons. The molecule has 0 aliphatic heterocycles. The minimum absolute atomic E-state index is 0.343. The van der Waals surface area contributed by atoms with Crippen LogP contribution in [0.15, 0.2) is 30.3 Å². The molecule has 0 heterocycles. The highest BCUT2D eigenvalue weighted by Crippen LogP contribution is 2.24. The van der Waals surface area contributed by atoms with E-state index in [2.05, 4.69) is 4.74 Å². The third kappa shape index (κ3) is 4.58. The van der Waals surface area contributed by atoms with Crippen LogP contribution in [-0.4, -0.2) is 17.4 Å². The van der Waals surface area contributed by atoms with Crippen LogP contribution in [0, 0.1) is 0 Å². The van der Waals surface area contributed by atoms with Crippen LogP contribution in [0.5, 0.6) is 5.75 Å². The molecule has 0 radical (unpaired) electrons. The van der Waals surface area contributed by atoms with Gasteiger partial charge in [0, 0.05) is 6.08 Å². The second-order valence-electron chi connectivity index (χ2n) is 3.24. The van der Waals surface area contributed by atoms with E-state index in [-0.39, 0.29) is 5.75 Å². The van der Waals surface area contributed by atoms with Gasteiger partial charge in [-0.3, -0.25) is 0 Å². The van der Waals surface area contributed by atoms with Gasteiger partial charge >= 0.3 is 12.3 Å². The van der Waals surface area contributed by atoms with Gasteiger partial charge in [0.05, 0.1) is 0 Å². The fourth-order valence-corrected chi connectivity index (χ4v) is 1.19. The van der Waals surface area contributed by atoms with Crippen molar-refractivity contribution in [2.24, 2.45) is 0 Å². The molecule has 0 aliphatic rings. The van der Waals surface area contributed by atoms with Crippen molar-refractivity contribution in [1.82, 2.24) is 0 Å². The lowest BCUT2D eigenvalue weighted by atomic mass is 10.1. The van der Waals surface area contributed by atoms with Crippen molar-refractivity contribution >= 4 is 11.5 Å². The van der Waals surface area contributed by atoms with Crippen LogP contribution in [0.3, 0.4) is 0 Å². The molecule has 0 saturated carbocycles. The SMILES string of the molecule is CC(=CC(=O)O)c1ccc(OC(F)(F)F)cc1. The van der Waals surface area contributed by atoms with Crippen LogP contribution in [0.1, 0.15) is 12.5 Å². The summed E-state index contributed by atoms with van der Waals surface area (Å²) >= 11 is 0. The third-order valence-corrected chi connectivity index (χ3v) is 1.88. The summed E-state index contributed by atoms with van der Waals surface area (Å²) in [6, 6.07) is 4.97. The average Bonchev–Trinajstić information content (AvgIpc) is 2.15. The molecule has 0 saturated heterocycles. The minimum atomic E-state index is -4.73. The maximum atomic E-state index is 11.9. The molecule has 0 aliphatic carbocycles. The van der Waals surface area contributed by atoms with Crippen molar-refractivity contribution in [3.63, 3.8) is 0 Å². The average molecular weight is 246 g/mol. The van der Waals surface area contributed by atoms with Crippen LogP contribution in [0.4, 0.5) is 13.2 Å². The molecule has 1 aromatic rings. The Morgan fingerprint density at radius 3 is 2.24 bits per heavy atom. The van der Waals surface area contributed by atoms with Gasteiger partial charge in [0.1, 0.15) is 5.75 Å². The number of ether oxygens (including phenoxy) is 1. The molecule has 3 nitrogen and oxygen atoms in total. The number of aliphatic carboxylic acids is 1. The van der Waals surface area contributed by atoms with Crippen molar-refractivity contribution < 1.29 is 27.8 Å². The predicted molar refractivity (Wildman–Crippen MR) is 54.4 cm³/mol. The van der Waals surface area contributed by atoms with Crippen LogP contribution in [0.2, 0.25) is 0 Å². The summed E-state index contributed by atoms with van der Waals surface area (Å²) in [4.78, 5) is 10.4. The molecule has 0 aromatic heterocycles. The molecule has 1 N–H and O–H groups in total. The van der Waals surface area contributed by atoms with Gasteiger partial charge < -0.3 is 9.84 Å². The van der Waals surface area contributed by atoms with Gasteiger partial charge in [0.2, 0.25) is 0 Å². The molecule has 0 amide bonds. The third-order valence-electron chi connectivity index (χ3n) is 1.88. The zero-order valence-electron chi connectivity index (χ0n) is 8.78. The second kappa shape index (κ2) is 4.90. The van der Waals surface area contributed by atoms with Gasteiger partial charge in [-0.15, -0.1) is 13.2 Å². The fourth-order valence-electron chi connectivity index (χ4n) is 1.19. The Labute approximate surface area is 95.1 Å². The van der Waals surface area contributed by atoms with Crippen LogP contribution in [-0.2, 0) is 4.79 Å². The number of carbonyl (C=O) groups is 1. The lowest BCUT2D eigenvalue weighted by molar-refractivity contribution is -0.274. The smallest absolute Gasteiger partial charge is 0.478 e. The van der Waals surface area contributed by atoms with Gasteiger partial charge in [-0.2, -0.15) is 0 Å². The topological polar surface area (TPSA) is 46.5 Å². The van der Waals surface area contributed by atoms with Crippen LogP contribution in [0.25, 0.3) is 5.57 Å². The normalized spacial score (nSPS) is 12.4. The monoisotopic (exact) mass is 246 g/mol. The van der Waals surface area contributed by atoms with Gasteiger partial charge in [0.15, 0.2) is 0 Å². The fraction of sp³-hybridized carbons (Fsp3) is 0.182. The Kier molecular flexibility index (Phi) is 3.77. The molecular formula is C11H9F3O3. The molecule has 1 aromatic carbocycles. The Morgan fingerprint density at radius 2 is 1.82 bits per heavy atom. The molecular weight excluding hydrogens is 237 g/mol. The van der Waals surface area contributed by atoms with E-state index in [1.165, 1.54) is 12.1 Å². The van der Waals surface area contributed by atoms with E-state index >= 15 is 0 Å². The first-order valence-electron chi connectivity index (χ1n) is 4.55. The number of alkyl halides is 3. The maximum Gasteiger partial charge on any atom is 0.573 e. The van der Waals surface area contributed by atoms with Crippen LogP contribution < -0.4 is 4.74 Å². The molecule has 6 heteroatoms. The summed E-state index contributed by atoms with van der Waals surface area (Å²) in [5.74, 6) is -1.46. The maximum absolute atomic E-state index is 11.9. The first kappa shape index (κ1) is 13.1. The van der Waals surface area contributed by atoms with Crippen molar-refractivity contribution in [2.75, 3.05) is 0 Å². The Hall–Kier alpha value is -1.98. The first-order chi connectivity index (χ1) is 7.78. The summed E-state index contributed by atoms with van der Waals surface area (Å²) in [5, 5.41) is 8.50. The Balaban J connectivity index is 2.85. The van der Waals surface area contributed by atoms with Gasteiger partial charge in [0.25, 0.3) is 0 Å². The second-order valence-corrected chi connectivity index (χ2v) is 3.24. The van der Waals surface area contributed by atoms with E-state index in [0.717, 1.165) is 18.2 Å². The number of benzene rings is 1. The Bertz CT molecular complexity index is 432. The van der Waals surface area contributed by atoms with Gasteiger partial charge in [-0.1, -0.05) is 12.1 Å². The number of hydrogen-bond donors (Lipinski definition) is 1. The number of hydrogen-bond acceptors (Lipinski definition) is 2. The number of halogens is 3. The van der Waals surface area contributed by atoms with E-state index in [1.54, 1.807) is 6.92 Å². The number of carboxylic acids is 1. The lowest BCUT2D eigenvalue weighted by Gasteiger charge is -2.09. The minimum Gasteiger partial charge on any atom is -0.478 e. The molecule has 1 rings (SSSR count). The number of carboxylic acid groups (broad SMARTS) is 1. The standard InChI is InChI=1S/C11H9F3O3/c1-7(6-10(15)16)8-2-4-9(5-3-8)17-11(12,13)14/h2-6H,1H3,(H,15,16). The van der Waals surface area contributed by atoms with E-state index in [1.807, 2.05) is 0 Å². The van der Waals surface area contributed by atoms with Crippen LogP contribution >= 0.6 is 0 Å². The molecule has 0 atom stereocenters. The van der Waals surface area contributed by atoms with E-state index < -0.39 is 12.3 Å². The summed E-state index contributed by atoms with van der Waals surface area (Å²) in [7, 11) is 0. The molecule has 0 unspecified atom stereocenters. The lowest BCUT2D eigenvalue weighted by Crippen LogP contribution is -2.16. The quantitative estimate of drug-likeness (QED) is 0.833. The van der Waals surface area contributed by atoms with Crippen molar-refractivity contribution in [2.45, 2.75) is 13.3 Å². The Morgan fingerprint density at radius 1 is 1.29 bits per heavy atom. The molecule has 17 heavy (non-hydrogen) atoms. The zero-order chi connectivity index (χ0) is 13.1. The molecule has 0 fully saturated rings. The summed E-state index contributed by atoms with van der Waals surface area (Å²) < 4.78 is 39.3. The van der Waals surface area contributed by atoms with E-state index in [4.69, 9.17) is 5.11 Å². The predicted octanol–water partition coefficient (Wildman–Crippen LogP) is 3.07. The van der Waals surface area contributed by atoms with E-state index in [0.29, 0.717) is 11.1 Å². The highest BCUT2D eigenvalue weighted by Gasteiger charge is 2.30. The summed E-state index contributed by atoms with van der Waals surface area (Å²) in [6.45, 7) is 1.55. The van der Waals surface area contributed by atoms with E-state index in [9.17, 15) is 18.0 Å². The highest BCUT2D eigenvalue weighted by atomic mass is 19.4. The summed E-state index contributed by atoms with van der Waals surface area (Å²) in [5.41, 5.74) is 0.956. The number of allylic oxidation sites excluding steroid dienone is 1. The molecule has 0 spiro atoms. The van der Waals surface area contributed by atoms with Gasteiger partial charge in [-0.25, -0.2) is 4.79 Å². The first-order valence-corrected chi connectivity index (χ1v) is 4.55.